The molecule has 1 aliphatic rings. The third-order valence-corrected chi connectivity index (χ3v) is 3.55. The molecule has 3 rings (SSSR count). The van der Waals surface area contributed by atoms with Gasteiger partial charge in [0.05, 0.1) is 5.69 Å². The van der Waals surface area contributed by atoms with Crippen molar-refractivity contribution in [3.63, 3.8) is 0 Å². The largest absolute Gasteiger partial charge is 0.435 e. The lowest BCUT2D eigenvalue weighted by Gasteiger charge is -2.08. The molecule has 0 saturated heterocycles. The average Bonchev–Trinajstić information content (AvgIpc) is 2.98. The van der Waals surface area contributed by atoms with E-state index in [1.165, 1.54) is 10.9 Å². The summed E-state index contributed by atoms with van der Waals surface area (Å²) in [5.41, 5.74) is 0.772. The maximum atomic E-state index is 12.7. The number of hydrogen-bond donors (Lipinski definition) is 1. The summed E-state index contributed by atoms with van der Waals surface area (Å²) < 4.78 is 40.8. The third-order valence-electron chi connectivity index (χ3n) is 3.55. The number of aromatic nitrogens is 4. The van der Waals surface area contributed by atoms with Gasteiger partial charge in [-0.05, 0) is 25.8 Å². The molecule has 0 bridgehead atoms. The molecule has 0 aromatic carbocycles. The van der Waals surface area contributed by atoms with Crippen LogP contribution in [0.3, 0.4) is 0 Å². The van der Waals surface area contributed by atoms with Gasteiger partial charge in [0.15, 0.2) is 11.5 Å². The molecule has 0 unspecified atom stereocenters. The minimum atomic E-state index is -4.44. The Hall–Kier alpha value is -1.83. The lowest BCUT2D eigenvalue weighted by atomic mass is 10.2. The Labute approximate surface area is 119 Å². The first kappa shape index (κ1) is 14.1. The normalized spacial score (nSPS) is 15.7. The smallest absolute Gasteiger partial charge is 0.310 e. The number of hydrogen-bond acceptors (Lipinski definition) is 3. The number of aryl methyl sites for hydroxylation is 2. The van der Waals surface area contributed by atoms with E-state index < -0.39 is 11.9 Å². The van der Waals surface area contributed by atoms with Crippen LogP contribution in [0.4, 0.5) is 13.2 Å². The fourth-order valence-corrected chi connectivity index (χ4v) is 2.31. The zero-order valence-corrected chi connectivity index (χ0v) is 11.8. The topological polar surface area (TPSA) is 47.7 Å². The Morgan fingerprint density at radius 1 is 1.33 bits per heavy atom. The summed E-state index contributed by atoms with van der Waals surface area (Å²) in [5, 5.41) is 11.3. The molecule has 5 nitrogen and oxygen atoms in total. The van der Waals surface area contributed by atoms with Crippen molar-refractivity contribution in [3.05, 3.63) is 29.2 Å². The van der Waals surface area contributed by atoms with Crippen molar-refractivity contribution in [2.24, 2.45) is 7.05 Å². The molecule has 1 saturated carbocycles. The highest BCUT2D eigenvalue weighted by Gasteiger charge is 2.34. The Kier molecular flexibility index (Phi) is 3.27. The van der Waals surface area contributed by atoms with Crippen LogP contribution in [0.25, 0.3) is 5.82 Å². The number of nitrogens with zero attached hydrogens (tertiary/aromatic N) is 4. The van der Waals surface area contributed by atoms with Gasteiger partial charge in [-0.3, -0.25) is 4.68 Å². The molecule has 1 aliphatic carbocycles. The van der Waals surface area contributed by atoms with Crippen molar-refractivity contribution in [2.75, 3.05) is 0 Å². The van der Waals surface area contributed by atoms with Gasteiger partial charge in [0.2, 0.25) is 0 Å². The lowest BCUT2D eigenvalue weighted by molar-refractivity contribution is -0.141. The molecule has 21 heavy (non-hydrogen) atoms. The van der Waals surface area contributed by atoms with Crippen molar-refractivity contribution in [2.45, 2.75) is 38.5 Å². The van der Waals surface area contributed by atoms with E-state index in [4.69, 9.17) is 0 Å². The monoisotopic (exact) mass is 299 g/mol. The predicted molar refractivity (Wildman–Crippen MR) is 69.9 cm³/mol. The molecule has 2 aromatic rings. The summed E-state index contributed by atoms with van der Waals surface area (Å²) >= 11 is 0. The molecule has 0 spiro atoms. The van der Waals surface area contributed by atoms with Crippen LogP contribution in [0.15, 0.2) is 12.3 Å². The zero-order chi connectivity index (χ0) is 15.2. The molecule has 2 aromatic heterocycles. The lowest BCUT2D eigenvalue weighted by Crippen LogP contribution is -2.18. The Bertz CT molecular complexity index is 651. The van der Waals surface area contributed by atoms with Crippen LogP contribution >= 0.6 is 0 Å². The van der Waals surface area contributed by atoms with Gasteiger partial charge >= 0.3 is 6.18 Å². The molecule has 1 N–H and O–H groups in total. The maximum Gasteiger partial charge on any atom is 0.435 e. The van der Waals surface area contributed by atoms with Crippen LogP contribution in [0.2, 0.25) is 0 Å². The molecular formula is C13H16F3N5. The van der Waals surface area contributed by atoms with E-state index in [0.29, 0.717) is 18.4 Å². The quantitative estimate of drug-likeness (QED) is 0.941. The highest BCUT2D eigenvalue weighted by molar-refractivity contribution is 5.37. The maximum absolute atomic E-state index is 12.7. The Balaban J connectivity index is 1.94. The van der Waals surface area contributed by atoms with E-state index in [-0.39, 0.29) is 0 Å². The average molecular weight is 299 g/mol. The minimum Gasteiger partial charge on any atom is -0.310 e. The Morgan fingerprint density at radius 2 is 2.05 bits per heavy atom. The van der Waals surface area contributed by atoms with Crippen LogP contribution in [-0.4, -0.2) is 25.6 Å². The molecule has 2 heterocycles. The first-order chi connectivity index (χ1) is 9.86. The van der Waals surface area contributed by atoms with Crippen LogP contribution in [0, 0.1) is 6.92 Å². The first-order valence-corrected chi connectivity index (χ1v) is 6.75. The highest BCUT2D eigenvalue weighted by Crippen LogP contribution is 2.29. The number of nitrogens with one attached hydrogen (secondary N) is 1. The fourth-order valence-electron chi connectivity index (χ4n) is 2.31. The molecular weight excluding hydrogens is 283 g/mol. The van der Waals surface area contributed by atoms with E-state index in [1.807, 2.05) is 6.92 Å². The van der Waals surface area contributed by atoms with Gasteiger partial charge in [0.1, 0.15) is 0 Å². The molecule has 0 amide bonds. The summed E-state index contributed by atoms with van der Waals surface area (Å²) in [6.07, 6.45) is -0.825. The second kappa shape index (κ2) is 4.87. The van der Waals surface area contributed by atoms with Crippen molar-refractivity contribution in [1.29, 1.82) is 0 Å². The van der Waals surface area contributed by atoms with E-state index in [1.54, 1.807) is 11.7 Å². The molecule has 114 valence electrons. The molecule has 0 radical (unpaired) electrons. The van der Waals surface area contributed by atoms with Crippen LogP contribution in [0.1, 0.15) is 29.8 Å². The number of alkyl halides is 3. The third kappa shape index (κ3) is 2.80. The van der Waals surface area contributed by atoms with E-state index in [0.717, 1.165) is 30.2 Å². The standard InChI is InChI=1S/C13H16F3N5/c1-8-10(7-17-9-3-4-9)12(20(2)18-8)21-6-5-11(19-21)13(14,15)16/h5-6,9,17H,3-4,7H2,1-2H3. The second-order valence-electron chi connectivity index (χ2n) is 5.31. The van der Waals surface area contributed by atoms with Gasteiger partial charge in [-0.25, -0.2) is 4.68 Å². The van der Waals surface area contributed by atoms with Gasteiger partial charge in [-0.2, -0.15) is 23.4 Å². The fraction of sp³-hybridized carbons (Fsp3) is 0.538. The van der Waals surface area contributed by atoms with E-state index in [9.17, 15) is 13.2 Å². The van der Waals surface area contributed by atoms with Gasteiger partial charge in [0.25, 0.3) is 0 Å². The molecule has 8 heteroatoms. The minimum absolute atomic E-state index is 0.515. The highest BCUT2D eigenvalue weighted by atomic mass is 19.4. The number of rotatable bonds is 4. The van der Waals surface area contributed by atoms with E-state index in [2.05, 4.69) is 15.5 Å². The van der Waals surface area contributed by atoms with Crippen LogP contribution < -0.4 is 5.32 Å². The van der Waals surface area contributed by atoms with Gasteiger partial charge in [-0.1, -0.05) is 0 Å². The van der Waals surface area contributed by atoms with Crippen molar-refractivity contribution in [1.82, 2.24) is 24.9 Å². The van der Waals surface area contributed by atoms with Gasteiger partial charge < -0.3 is 5.32 Å². The van der Waals surface area contributed by atoms with Gasteiger partial charge in [-0.15, -0.1) is 0 Å². The number of halogens is 3. The predicted octanol–water partition coefficient (Wildman–Crippen LogP) is 2.19. The molecule has 0 atom stereocenters. The van der Waals surface area contributed by atoms with E-state index >= 15 is 0 Å². The van der Waals surface area contributed by atoms with Crippen LogP contribution in [-0.2, 0) is 19.8 Å². The summed E-state index contributed by atoms with van der Waals surface area (Å²) in [6, 6.07) is 1.49. The van der Waals surface area contributed by atoms with Crippen molar-refractivity contribution >= 4 is 0 Å². The Morgan fingerprint density at radius 3 is 2.62 bits per heavy atom. The molecule has 0 aliphatic heterocycles. The summed E-state index contributed by atoms with van der Waals surface area (Å²) in [6.45, 7) is 2.43. The van der Waals surface area contributed by atoms with Crippen molar-refractivity contribution < 1.29 is 13.2 Å². The second-order valence-corrected chi connectivity index (χ2v) is 5.31. The SMILES string of the molecule is Cc1nn(C)c(-n2ccc(C(F)(F)F)n2)c1CNC1CC1. The zero-order valence-electron chi connectivity index (χ0n) is 11.8. The molecule has 1 fully saturated rings. The first-order valence-electron chi connectivity index (χ1n) is 6.75. The van der Waals surface area contributed by atoms with Gasteiger partial charge in [0, 0.05) is 31.4 Å². The van der Waals surface area contributed by atoms with Crippen LogP contribution in [0.5, 0.6) is 0 Å². The summed E-state index contributed by atoms with van der Waals surface area (Å²) in [4.78, 5) is 0. The summed E-state index contributed by atoms with van der Waals surface area (Å²) in [5.74, 6) is 0.566. The summed E-state index contributed by atoms with van der Waals surface area (Å²) in [7, 11) is 1.71. The van der Waals surface area contributed by atoms with Crippen molar-refractivity contribution in [3.8, 4) is 5.82 Å².